The third-order valence-corrected chi connectivity index (χ3v) is 5.13. The fourth-order valence-corrected chi connectivity index (χ4v) is 3.34. The maximum absolute atomic E-state index is 12.7. The van der Waals surface area contributed by atoms with E-state index in [1.54, 1.807) is 38.5 Å². The minimum atomic E-state index is -0.0890. The van der Waals surface area contributed by atoms with Gasteiger partial charge < -0.3 is 14.4 Å². The van der Waals surface area contributed by atoms with Crippen LogP contribution in [0.3, 0.4) is 0 Å². The van der Waals surface area contributed by atoms with Gasteiger partial charge in [-0.15, -0.1) is 0 Å². The molecule has 1 heterocycles. The first-order chi connectivity index (χ1) is 13.6. The van der Waals surface area contributed by atoms with Crippen LogP contribution in [-0.4, -0.2) is 63.0 Å². The van der Waals surface area contributed by atoms with Crippen LogP contribution in [0.5, 0.6) is 11.5 Å². The molecule has 148 valence electrons. The molecule has 0 radical (unpaired) electrons. The number of methoxy groups -OCH3 is 2. The highest BCUT2D eigenvalue weighted by Crippen LogP contribution is 2.25. The van der Waals surface area contributed by atoms with Crippen LogP contribution in [0.1, 0.15) is 21.5 Å². The summed E-state index contributed by atoms with van der Waals surface area (Å²) in [6, 6.07) is 13.5. The lowest BCUT2D eigenvalue weighted by Gasteiger charge is -2.32. The average molecular weight is 380 g/mol. The van der Waals surface area contributed by atoms with E-state index in [4.69, 9.17) is 9.47 Å². The summed E-state index contributed by atoms with van der Waals surface area (Å²) in [6.45, 7) is 5.21. The van der Waals surface area contributed by atoms with Crippen LogP contribution in [0, 0.1) is 0 Å². The standard InChI is InChI=1S/C23H28N2O3/c1-24-12-14-25(15-13-24)17-19-7-5-4-6-18(19)8-11-22(26)21-10-9-20(27-2)16-23(21)28-3/h4-11,16H,12-15,17H2,1-3H3/b11-8+. The van der Waals surface area contributed by atoms with E-state index in [9.17, 15) is 4.79 Å². The minimum Gasteiger partial charge on any atom is -0.497 e. The van der Waals surface area contributed by atoms with Crippen molar-refractivity contribution >= 4 is 11.9 Å². The number of benzene rings is 2. The van der Waals surface area contributed by atoms with Crippen LogP contribution < -0.4 is 9.47 Å². The number of rotatable bonds is 7. The molecule has 1 saturated heterocycles. The molecule has 5 nitrogen and oxygen atoms in total. The number of piperazine rings is 1. The average Bonchev–Trinajstić information content (AvgIpc) is 2.74. The van der Waals surface area contributed by atoms with Gasteiger partial charge >= 0.3 is 0 Å². The molecule has 0 aromatic heterocycles. The fraction of sp³-hybridized carbons (Fsp3) is 0.348. The van der Waals surface area contributed by atoms with Crippen LogP contribution in [0.15, 0.2) is 48.5 Å². The predicted octanol–water partition coefficient (Wildman–Crippen LogP) is 3.35. The largest absolute Gasteiger partial charge is 0.497 e. The molecule has 1 fully saturated rings. The maximum Gasteiger partial charge on any atom is 0.189 e. The molecule has 0 atom stereocenters. The van der Waals surface area contributed by atoms with Gasteiger partial charge in [0.05, 0.1) is 19.8 Å². The number of allylic oxidation sites excluding steroid dienone is 1. The lowest BCUT2D eigenvalue weighted by molar-refractivity contribution is 0.104. The first kappa shape index (κ1) is 20.1. The number of hydrogen-bond acceptors (Lipinski definition) is 5. The minimum absolute atomic E-state index is 0.0890. The summed E-state index contributed by atoms with van der Waals surface area (Å²) < 4.78 is 10.5. The summed E-state index contributed by atoms with van der Waals surface area (Å²) >= 11 is 0. The number of likely N-dealkylation sites (N-methyl/N-ethyl adjacent to an activating group) is 1. The van der Waals surface area contributed by atoms with Gasteiger partial charge in [0, 0.05) is 38.8 Å². The quantitative estimate of drug-likeness (QED) is 0.544. The van der Waals surface area contributed by atoms with Gasteiger partial charge in [0.1, 0.15) is 11.5 Å². The Kier molecular flexibility index (Phi) is 6.85. The molecule has 28 heavy (non-hydrogen) atoms. The number of ketones is 1. The van der Waals surface area contributed by atoms with Crippen molar-refractivity contribution in [2.45, 2.75) is 6.54 Å². The molecule has 5 heteroatoms. The van der Waals surface area contributed by atoms with Crippen molar-refractivity contribution in [1.29, 1.82) is 0 Å². The molecule has 3 rings (SSSR count). The molecule has 0 spiro atoms. The molecule has 2 aromatic carbocycles. The van der Waals surface area contributed by atoms with Gasteiger partial charge in [-0.05, 0) is 36.4 Å². The first-order valence-corrected chi connectivity index (χ1v) is 9.54. The van der Waals surface area contributed by atoms with Crippen molar-refractivity contribution in [3.05, 3.63) is 65.2 Å². The highest BCUT2D eigenvalue weighted by atomic mass is 16.5. The van der Waals surface area contributed by atoms with Crippen molar-refractivity contribution in [2.75, 3.05) is 47.4 Å². The van der Waals surface area contributed by atoms with Gasteiger partial charge in [-0.3, -0.25) is 9.69 Å². The number of carbonyl (C=O) groups is 1. The molecular formula is C23H28N2O3. The Morgan fingerprint density at radius 2 is 1.79 bits per heavy atom. The van der Waals surface area contributed by atoms with E-state index in [2.05, 4.69) is 35.0 Å². The molecule has 2 aromatic rings. The summed E-state index contributed by atoms with van der Waals surface area (Å²) in [5, 5.41) is 0. The van der Waals surface area contributed by atoms with Crippen molar-refractivity contribution in [2.24, 2.45) is 0 Å². The summed E-state index contributed by atoms with van der Waals surface area (Å²) in [5.41, 5.74) is 2.83. The van der Waals surface area contributed by atoms with Crippen molar-refractivity contribution in [1.82, 2.24) is 9.80 Å². The fourth-order valence-electron chi connectivity index (χ4n) is 3.34. The third kappa shape index (κ3) is 5.00. The van der Waals surface area contributed by atoms with E-state index in [1.807, 2.05) is 12.1 Å². The van der Waals surface area contributed by atoms with E-state index in [-0.39, 0.29) is 5.78 Å². The second kappa shape index (κ2) is 9.53. The molecule has 0 bridgehead atoms. The van der Waals surface area contributed by atoms with Gasteiger partial charge in [-0.2, -0.15) is 0 Å². The molecule has 0 aliphatic carbocycles. The smallest absolute Gasteiger partial charge is 0.189 e. The second-order valence-electron chi connectivity index (χ2n) is 7.04. The SMILES string of the molecule is COc1ccc(C(=O)/C=C/c2ccccc2CN2CCN(C)CC2)c(OC)c1. The van der Waals surface area contributed by atoms with Gasteiger partial charge in [-0.25, -0.2) is 0 Å². The zero-order valence-corrected chi connectivity index (χ0v) is 16.9. The molecular weight excluding hydrogens is 352 g/mol. The summed E-state index contributed by atoms with van der Waals surface area (Å²) in [5.74, 6) is 1.09. The molecule has 0 saturated carbocycles. The Hall–Kier alpha value is -2.63. The predicted molar refractivity (Wildman–Crippen MR) is 112 cm³/mol. The molecule has 0 amide bonds. The van der Waals surface area contributed by atoms with Gasteiger partial charge in [-0.1, -0.05) is 30.3 Å². The van der Waals surface area contributed by atoms with Gasteiger partial charge in [0.25, 0.3) is 0 Å². The van der Waals surface area contributed by atoms with Crippen LogP contribution in [0.2, 0.25) is 0 Å². The van der Waals surface area contributed by atoms with Crippen LogP contribution in [0.4, 0.5) is 0 Å². The number of ether oxygens (including phenoxy) is 2. The molecule has 1 aliphatic rings. The molecule has 0 N–H and O–H groups in total. The Labute approximate surface area is 167 Å². The number of hydrogen-bond donors (Lipinski definition) is 0. The third-order valence-electron chi connectivity index (χ3n) is 5.13. The molecule has 1 aliphatic heterocycles. The highest BCUT2D eigenvalue weighted by Gasteiger charge is 2.15. The summed E-state index contributed by atoms with van der Waals surface area (Å²) in [6.07, 6.45) is 3.52. The normalized spacial score (nSPS) is 15.7. The van der Waals surface area contributed by atoms with Crippen molar-refractivity contribution in [3.63, 3.8) is 0 Å². The lowest BCUT2D eigenvalue weighted by Crippen LogP contribution is -2.43. The highest BCUT2D eigenvalue weighted by molar-refractivity contribution is 6.08. The zero-order chi connectivity index (χ0) is 19.9. The van der Waals surface area contributed by atoms with E-state index < -0.39 is 0 Å². The Bertz CT molecular complexity index is 839. The summed E-state index contributed by atoms with van der Waals surface area (Å²) in [7, 11) is 5.31. The van der Waals surface area contributed by atoms with Crippen LogP contribution >= 0.6 is 0 Å². The van der Waals surface area contributed by atoms with Crippen LogP contribution in [0.25, 0.3) is 6.08 Å². The zero-order valence-electron chi connectivity index (χ0n) is 16.9. The monoisotopic (exact) mass is 380 g/mol. The van der Waals surface area contributed by atoms with Gasteiger partial charge in [0.2, 0.25) is 0 Å². The number of nitrogens with zero attached hydrogens (tertiary/aromatic N) is 2. The Morgan fingerprint density at radius 3 is 2.50 bits per heavy atom. The maximum atomic E-state index is 12.7. The van der Waals surface area contributed by atoms with Crippen LogP contribution in [-0.2, 0) is 6.54 Å². The lowest BCUT2D eigenvalue weighted by atomic mass is 10.0. The number of carbonyl (C=O) groups excluding carboxylic acids is 1. The van der Waals surface area contributed by atoms with E-state index >= 15 is 0 Å². The first-order valence-electron chi connectivity index (χ1n) is 9.54. The van der Waals surface area contributed by atoms with E-state index in [0.29, 0.717) is 17.1 Å². The van der Waals surface area contributed by atoms with E-state index in [1.165, 1.54) is 5.56 Å². The van der Waals surface area contributed by atoms with E-state index in [0.717, 1.165) is 38.3 Å². The molecule has 0 unspecified atom stereocenters. The topological polar surface area (TPSA) is 42.0 Å². The van der Waals surface area contributed by atoms with Crippen molar-refractivity contribution in [3.8, 4) is 11.5 Å². The Morgan fingerprint density at radius 1 is 1.04 bits per heavy atom. The Balaban J connectivity index is 1.74. The summed E-state index contributed by atoms with van der Waals surface area (Å²) in [4.78, 5) is 17.5. The second-order valence-corrected chi connectivity index (χ2v) is 7.04. The van der Waals surface area contributed by atoms with Crippen molar-refractivity contribution < 1.29 is 14.3 Å². The van der Waals surface area contributed by atoms with Gasteiger partial charge in [0.15, 0.2) is 5.78 Å².